The van der Waals surface area contributed by atoms with Crippen LogP contribution in [0.4, 0.5) is 0 Å². The van der Waals surface area contributed by atoms with Crippen LogP contribution < -0.4 is 9.47 Å². The quantitative estimate of drug-likeness (QED) is 0.826. The number of benzene rings is 1. The lowest BCUT2D eigenvalue weighted by Gasteiger charge is -2.34. The molecule has 2 aromatic rings. The molecule has 0 radical (unpaired) electrons. The average molecular weight is 370 g/mol. The third-order valence-corrected chi connectivity index (χ3v) is 5.23. The molecule has 1 aromatic carbocycles. The Labute approximate surface area is 159 Å². The molecule has 27 heavy (non-hydrogen) atoms. The average Bonchev–Trinajstić information content (AvgIpc) is 3.27. The highest BCUT2D eigenvalue weighted by Crippen LogP contribution is 2.32. The Balaban J connectivity index is 1.34. The number of hydrogen-bond donors (Lipinski definition) is 0. The van der Waals surface area contributed by atoms with Gasteiger partial charge in [-0.25, -0.2) is 0 Å². The number of carbonyl (C=O) groups excluding carboxylic acids is 1. The number of carbonyl (C=O) groups is 1. The lowest BCUT2D eigenvalue weighted by atomic mass is 10.1. The van der Waals surface area contributed by atoms with Crippen LogP contribution in [0.5, 0.6) is 11.5 Å². The van der Waals surface area contributed by atoms with Gasteiger partial charge in [0.15, 0.2) is 17.2 Å². The van der Waals surface area contributed by atoms with E-state index < -0.39 is 0 Å². The Morgan fingerprint density at radius 1 is 1.11 bits per heavy atom. The maximum atomic E-state index is 12.8. The van der Waals surface area contributed by atoms with Gasteiger partial charge in [0.2, 0.25) is 6.79 Å². The number of hydrogen-bond acceptors (Lipinski definition) is 5. The molecule has 144 valence electrons. The van der Waals surface area contributed by atoms with Crippen LogP contribution in [0.25, 0.3) is 0 Å². The summed E-state index contributed by atoms with van der Waals surface area (Å²) in [7, 11) is 1.90. The van der Waals surface area contributed by atoms with E-state index in [0.29, 0.717) is 18.4 Å². The zero-order chi connectivity index (χ0) is 19.0. The first-order valence-electron chi connectivity index (χ1n) is 9.45. The summed E-state index contributed by atoms with van der Waals surface area (Å²) >= 11 is 0. The van der Waals surface area contributed by atoms with Gasteiger partial charge in [-0.05, 0) is 29.7 Å². The zero-order valence-corrected chi connectivity index (χ0v) is 16.1. The highest BCUT2D eigenvalue weighted by Gasteiger charge is 2.25. The van der Waals surface area contributed by atoms with Crippen molar-refractivity contribution in [2.75, 3.05) is 33.0 Å². The number of aryl methyl sites for hydroxylation is 1. The molecule has 1 amide bonds. The van der Waals surface area contributed by atoms with Gasteiger partial charge in [-0.1, -0.05) is 19.9 Å². The smallest absolute Gasteiger partial charge is 0.274 e. The summed E-state index contributed by atoms with van der Waals surface area (Å²) in [6, 6.07) is 8.00. The van der Waals surface area contributed by atoms with E-state index in [1.54, 1.807) is 0 Å². The van der Waals surface area contributed by atoms with E-state index in [4.69, 9.17) is 9.47 Å². The van der Waals surface area contributed by atoms with Crippen molar-refractivity contribution in [1.82, 2.24) is 19.6 Å². The predicted octanol–water partition coefficient (Wildman–Crippen LogP) is 2.23. The number of aromatic nitrogens is 2. The van der Waals surface area contributed by atoms with Crippen molar-refractivity contribution in [1.29, 1.82) is 0 Å². The number of ether oxygens (including phenoxy) is 2. The van der Waals surface area contributed by atoms with Crippen molar-refractivity contribution in [3.05, 3.63) is 41.2 Å². The van der Waals surface area contributed by atoms with Crippen molar-refractivity contribution in [2.45, 2.75) is 26.3 Å². The lowest BCUT2D eigenvalue weighted by molar-refractivity contribution is 0.0622. The third-order valence-electron chi connectivity index (χ3n) is 5.23. The standard InChI is InChI=1S/C20H26N4O3/c1-14(2)17-11-16(21-22(17)3)20(25)24-8-6-23(7-9-24)12-15-4-5-18-19(10-15)27-13-26-18/h4-5,10-11,14H,6-9,12-13H2,1-3H3. The van der Waals surface area contributed by atoms with Crippen LogP contribution in [0, 0.1) is 0 Å². The van der Waals surface area contributed by atoms with Gasteiger partial charge in [-0.3, -0.25) is 14.4 Å². The first-order chi connectivity index (χ1) is 13.0. The molecule has 0 atom stereocenters. The second kappa shape index (κ2) is 7.23. The molecule has 0 bridgehead atoms. The normalized spacial score (nSPS) is 17.0. The molecule has 2 aliphatic rings. The van der Waals surface area contributed by atoms with E-state index in [1.165, 1.54) is 5.56 Å². The van der Waals surface area contributed by atoms with Crippen LogP contribution in [0.2, 0.25) is 0 Å². The molecule has 1 fully saturated rings. The molecule has 0 saturated carbocycles. The molecule has 7 nitrogen and oxygen atoms in total. The Morgan fingerprint density at radius 2 is 1.85 bits per heavy atom. The summed E-state index contributed by atoms with van der Waals surface area (Å²) in [4.78, 5) is 17.0. The topological polar surface area (TPSA) is 59.8 Å². The zero-order valence-electron chi connectivity index (χ0n) is 16.1. The Kier molecular flexibility index (Phi) is 4.78. The van der Waals surface area contributed by atoms with Crippen LogP contribution in [0.1, 0.15) is 41.5 Å². The van der Waals surface area contributed by atoms with Crippen molar-refractivity contribution in [3.8, 4) is 11.5 Å². The van der Waals surface area contributed by atoms with E-state index in [9.17, 15) is 4.79 Å². The van der Waals surface area contributed by atoms with Crippen LogP contribution in [0.15, 0.2) is 24.3 Å². The molecule has 0 unspecified atom stereocenters. The summed E-state index contributed by atoms with van der Waals surface area (Å²) in [5.74, 6) is 2.01. The largest absolute Gasteiger partial charge is 0.454 e. The molecular weight excluding hydrogens is 344 g/mol. The molecule has 1 saturated heterocycles. The summed E-state index contributed by atoms with van der Waals surface area (Å²) < 4.78 is 12.6. The van der Waals surface area contributed by atoms with Gasteiger partial charge in [-0.15, -0.1) is 0 Å². The van der Waals surface area contributed by atoms with Crippen molar-refractivity contribution in [2.24, 2.45) is 7.05 Å². The highest BCUT2D eigenvalue weighted by molar-refractivity contribution is 5.92. The van der Waals surface area contributed by atoms with Gasteiger partial charge >= 0.3 is 0 Å². The highest BCUT2D eigenvalue weighted by atomic mass is 16.7. The van der Waals surface area contributed by atoms with Crippen LogP contribution in [-0.2, 0) is 13.6 Å². The fraction of sp³-hybridized carbons (Fsp3) is 0.500. The van der Waals surface area contributed by atoms with Crippen LogP contribution >= 0.6 is 0 Å². The second-order valence-electron chi connectivity index (χ2n) is 7.49. The fourth-order valence-electron chi connectivity index (χ4n) is 3.70. The Bertz CT molecular complexity index is 838. The van der Waals surface area contributed by atoms with Gasteiger partial charge in [0.25, 0.3) is 5.91 Å². The van der Waals surface area contributed by atoms with Crippen LogP contribution in [-0.4, -0.2) is 58.5 Å². The van der Waals surface area contributed by atoms with E-state index in [1.807, 2.05) is 34.8 Å². The molecule has 0 N–H and O–H groups in total. The van der Waals surface area contributed by atoms with Gasteiger partial charge < -0.3 is 14.4 Å². The summed E-state index contributed by atoms with van der Waals surface area (Å²) in [6.45, 7) is 8.51. The Morgan fingerprint density at radius 3 is 2.56 bits per heavy atom. The summed E-state index contributed by atoms with van der Waals surface area (Å²) in [6.07, 6.45) is 0. The minimum absolute atomic E-state index is 0.0280. The van der Waals surface area contributed by atoms with Crippen LogP contribution in [0.3, 0.4) is 0 Å². The Hall–Kier alpha value is -2.54. The molecule has 0 aliphatic carbocycles. The van der Waals surface area contributed by atoms with Gasteiger partial charge in [0.05, 0.1) is 0 Å². The molecule has 4 rings (SSSR count). The maximum Gasteiger partial charge on any atom is 0.274 e. The van der Waals surface area contributed by atoms with E-state index in [0.717, 1.165) is 49.9 Å². The first kappa shape index (κ1) is 17.9. The van der Waals surface area contributed by atoms with Gasteiger partial charge in [0.1, 0.15) is 0 Å². The van der Waals surface area contributed by atoms with Crippen molar-refractivity contribution >= 4 is 5.91 Å². The summed E-state index contributed by atoms with van der Waals surface area (Å²) in [5, 5.41) is 4.41. The number of fused-ring (bicyclic) bond motifs is 1. The molecule has 1 aromatic heterocycles. The third kappa shape index (κ3) is 3.64. The van der Waals surface area contributed by atoms with E-state index in [2.05, 4.69) is 29.9 Å². The number of nitrogens with zero attached hydrogens (tertiary/aromatic N) is 4. The van der Waals surface area contributed by atoms with E-state index in [-0.39, 0.29) is 5.91 Å². The number of piperazine rings is 1. The number of amides is 1. The molecule has 2 aliphatic heterocycles. The maximum absolute atomic E-state index is 12.8. The molecule has 0 spiro atoms. The fourth-order valence-corrected chi connectivity index (χ4v) is 3.70. The van der Waals surface area contributed by atoms with Gasteiger partial charge in [0, 0.05) is 45.5 Å². The minimum atomic E-state index is 0.0280. The van der Waals surface area contributed by atoms with Crippen molar-refractivity contribution in [3.63, 3.8) is 0 Å². The van der Waals surface area contributed by atoms with Gasteiger partial charge in [-0.2, -0.15) is 5.10 Å². The molecule has 7 heteroatoms. The monoisotopic (exact) mass is 370 g/mol. The predicted molar refractivity (Wildman–Crippen MR) is 101 cm³/mol. The molecular formula is C20H26N4O3. The second-order valence-corrected chi connectivity index (χ2v) is 7.49. The SMILES string of the molecule is CC(C)c1cc(C(=O)N2CCN(Cc3ccc4c(c3)OCO4)CC2)nn1C. The number of rotatable bonds is 4. The minimum Gasteiger partial charge on any atom is -0.454 e. The lowest BCUT2D eigenvalue weighted by Crippen LogP contribution is -2.48. The van der Waals surface area contributed by atoms with Crippen molar-refractivity contribution < 1.29 is 14.3 Å². The van der Waals surface area contributed by atoms with E-state index >= 15 is 0 Å². The first-order valence-corrected chi connectivity index (χ1v) is 9.45. The summed E-state index contributed by atoms with van der Waals surface area (Å²) in [5.41, 5.74) is 2.83. The molecule has 3 heterocycles.